The molecule has 0 saturated heterocycles. The van der Waals surface area contributed by atoms with Gasteiger partial charge in [0, 0.05) is 32.1 Å². The minimum absolute atomic E-state index is 0.133. The van der Waals surface area contributed by atoms with Crippen LogP contribution >= 0.6 is 34.3 Å². The first kappa shape index (κ1) is 18.7. The Kier molecular flexibility index (Phi) is 5.17. The number of amides is 2. The summed E-state index contributed by atoms with van der Waals surface area (Å²) in [6, 6.07) is 18.8. The number of carbonyl (C=O) groups is 2. The first-order valence-electron chi connectivity index (χ1n) is 8.46. The van der Waals surface area contributed by atoms with Gasteiger partial charge in [-0.25, -0.2) is 0 Å². The third-order valence-corrected chi connectivity index (χ3v) is 6.71. The summed E-state index contributed by atoms with van der Waals surface area (Å²) in [5, 5.41) is 4.53. The fourth-order valence-electron chi connectivity index (χ4n) is 2.92. The maximum Gasteiger partial charge on any atom is 0.261 e. The second-order valence-corrected chi connectivity index (χ2v) is 8.77. The highest BCUT2D eigenvalue weighted by atomic mass is 35.5. The second-order valence-electron chi connectivity index (χ2n) is 6.17. The zero-order chi connectivity index (χ0) is 19.7. The Hall–Kier alpha value is -2.67. The molecule has 0 aliphatic rings. The van der Waals surface area contributed by atoms with Gasteiger partial charge < -0.3 is 11.1 Å². The molecule has 2 heterocycles. The molecular weight excluding hydrogens is 412 g/mol. The van der Waals surface area contributed by atoms with Crippen LogP contribution < -0.4 is 11.1 Å². The number of nitrogens with two attached hydrogens (primary N) is 1. The van der Waals surface area contributed by atoms with Crippen molar-refractivity contribution in [3.8, 4) is 10.4 Å². The van der Waals surface area contributed by atoms with Crippen molar-refractivity contribution >= 4 is 56.2 Å². The van der Waals surface area contributed by atoms with E-state index in [0.29, 0.717) is 21.3 Å². The Labute approximate surface area is 174 Å². The van der Waals surface area contributed by atoms with E-state index < -0.39 is 5.91 Å². The number of hydrogen-bond donors (Lipinski definition) is 2. The largest absolute Gasteiger partial charge is 0.365 e. The van der Waals surface area contributed by atoms with E-state index in [1.807, 2.05) is 54.6 Å². The zero-order valence-electron chi connectivity index (χ0n) is 14.6. The number of fused-ring (bicyclic) bond motifs is 1. The van der Waals surface area contributed by atoms with E-state index in [-0.39, 0.29) is 5.91 Å². The van der Waals surface area contributed by atoms with Crippen LogP contribution in [0.5, 0.6) is 0 Å². The van der Waals surface area contributed by atoms with Gasteiger partial charge in [-0.1, -0.05) is 35.9 Å². The molecule has 0 aliphatic heterocycles. The number of thiophene rings is 2. The minimum Gasteiger partial charge on any atom is -0.365 e. The van der Waals surface area contributed by atoms with Crippen LogP contribution in [0, 0.1) is 0 Å². The standard InChI is InChI=1S/C21H15ClN2O2S2/c22-13-4-1-3-12(9-13)11-24-21(26)18-8-7-17(27-18)14-5-2-6-16-15(14)10-19(28-16)20(23)25/h1-10H,11H2,(H2,23,25)(H,24,26). The fraction of sp³-hybridized carbons (Fsp3) is 0.0476. The number of benzene rings is 2. The molecule has 0 bridgehead atoms. The van der Waals surface area contributed by atoms with Crippen molar-refractivity contribution in [3.63, 3.8) is 0 Å². The SMILES string of the molecule is NC(=O)c1cc2c(-c3ccc(C(=O)NCc4cccc(Cl)c4)s3)cccc2s1. The molecule has 0 atom stereocenters. The third kappa shape index (κ3) is 3.80. The van der Waals surface area contributed by atoms with E-state index in [1.54, 1.807) is 6.07 Å². The van der Waals surface area contributed by atoms with E-state index in [1.165, 1.54) is 22.7 Å². The van der Waals surface area contributed by atoms with Crippen molar-refractivity contribution in [2.75, 3.05) is 0 Å². The quantitative estimate of drug-likeness (QED) is 0.453. The summed E-state index contributed by atoms with van der Waals surface area (Å²) in [5.41, 5.74) is 7.34. The summed E-state index contributed by atoms with van der Waals surface area (Å²) in [5.74, 6) is -0.564. The van der Waals surface area contributed by atoms with Gasteiger partial charge in [-0.3, -0.25) is 9.59 Å². The van der Waals surface area contributed by atoms with Gasteiger partial charge in [-0.15, -0.1) is 22.7 Å². The summed E-state index contributed by atoms with van der Waals surface area (Å²) in [6.07, 6.45) is 0. The first-order valence-corrected chi connectivity index (χ1v) is 10.5. The average molecular weight is 427 g/mol. The highest BCUT2D eigenvalue weighted by Crippen LogP contribution is 2.37. The Balaban J connectivity index is 1.56. The monoisotopic (exact) mass is 426 g/mol. The van der Waals surface area contributed by atoms with Crippen LogP contribution in [-0.4, -0.2) is 11.8 Å². The molecule has 0 unspecified atom stereocenters. The predicted molar refractivity (Wildman–Crippen MR) is 116 cm³/mol. The van der Waals surface area contributed by atoms with Crippen molar-refractivity contribution < 1.29 is 9.59 Å². The highest BCUT2D eigenvalue weighted by Gasteiger charge is 2.14. The van der Waals surface area contributed by atoms with Crippen molar-refractivity contribution in [1.29, 1.82) is 0 Å². The Morgan fingerprint density at radius 2 is 1.79 bits per heavy atom. The number of halogens is 1. The van der Waals surface area contributed by atoms with Crippen LogP contribution in [0.3, 0.4) is 0 Å². The second kappa shape index (κ2) is 7.75. The Morgan fingerprint density at radius 3 is 2.57 bits per heavy atom. The lowest BCUT2D eigenvalue weighted by atomic mass is 10.1. The van der Waals surface area contributed by atoms with Gasteiger partial charge in [0.25, 0.3) is 11.8 Å². The maximum absolute atomic E-state index is 12.5. The summed E-state index contributed by atoms with van der Waals surface area (Å²) in [7, 11) is 0. The molecule has 0 aliphatic carbocycles. The van der Waals surface area contributed by atoms with Crippen molar-refractivity contribution in [2.45, 2.75) is 6.54 Å². The summed E-state index contributed by atoms with van der Waals surface area (Å²) < 4.78 is 0.992. The molecule has 2 aromatic heterocycles. The lowest BCUT2D eigenvalue weighted by Crippen LogP contribution is -2.21. The average Bonchev–Trinajstić information content (AvgIpc) is 3.33. The van der Waals surface area contributed by atoms with Gasteiger partial charge in [0.05, 0.1) is 9.75 Å². The molecule has 3 N–H and O–H groups in total. The van der Waals surface area contributed by atoms with Crippen LogP contribution in [0.25, 0.3) is 20.5 Å². The molecule has 0 radical (unpaired) electrons. The summed E-state index contributed by atoms with van der Waals surface area (Å²) >= 11 is 8.77. The molecule has 4 nitrogen and oxygen atoms in total. The van der Waals surface area contributed by atoms with E-state index in [0.717, 1.165) is 26.1 Å². The van der Waals surface area contributed by atoms with Gasteiger partial charge in [0.2, 0.25) is 0 Å². The van der Waals surface area contributed by atoms with Gasteiger partial charge in [-0.05, 0) is 42.0 Å². The summed E-state index contributed by atoms with van der Waals surface area (Å²) in [6.45, 7) is 0.411. The third-order valence-electron chi connectivity index (χ3n) is 4.24. The molecule has 28 heavy (non-hydrogen) atoms. The fourth-order valence-corrected chi connectivity index (χ4v) is 5.03. The predicted octanol–water partition coefficient (Wildman–Crippen LogP) is 5.31. The maximum atomic E-state index is 12.5. The van der Waals surface area contributed by atoms with Crippen molar-refractivity contribution in [1.82, 2.24) is 5.32 Å². The van der Waals surface area contributed by atoms with Crippen molar-refractivity contribution in [3.05, 3.63) is 81.0 Å². The molecule has 4 aromatic rings. The Morgan fingerprint density at radius 1 is 0.964 bits per heavy atom. The molecule has 140 valence electrons. The first-order chi connectivity index (χ1) is 13.5. The molecule has 0 fully saturated rings. The smallest absolute Gasteiger partial charge is 0.261 e. The van der Waals surface area contributed by atoms with Crippen LogP contribution in [0.4, 0.5) is 0 Å². The molecule has 4 rings (SSSR count). The van der Waals surface area contributed by atoms with Gasteiger partial charge >= 0.3 is 0 Å². The molecule has 7 heteroatoms. The number of carbonyl (C=O) groups excluding carboxylic acids is 2. The normalized spacial score (nSPS) is 10.9. The number of hydrogen-bond acceptors (Lipinski definition) is 4. The van der Waals surface area contributed by atoms with Crippen LogP contribution in [0.2, 0.25) is 5.02 Å². The van der Waals surface area contributed by atoms with Crippen LogP contribution in [-0.2, 0) is 6.54 Å². The lowest BCUT2D eigenvalue weighted by molar-refractivity contribution is 0.0953. The van der Waals surface area contributed by atoms with Crippen molar-refractivity contribution in [2.24, 2.45) is 5.73 Å². The zero-order valence-corrected chi connectivity index (χ0v) is 17.0. The minimum atomic E-state index is -0.431. The van der Waals surface area contributed by atoms with E-state index in [2.05, 4.69) is 5.32 Å². The highest BCUT2D eigenvalue weighted by molar-refractivity contribution is 7.21. The van der Waals surface area contributed by atoms with E-state index in [4.69, 9.17) is 17.3 Å². The van der Waals surface area contributed by atoms with Gasteiger partial charge in [-0.2, -0.15) is 0 Å². The number of rotatable bonds is 5. The van der Waals surface area contributed by atoms with Gasteiger partial charge in [0.15, 0.2) is 0 Å². The number of nitrogens with one attached hydrogen (secondary N) is 1. The van der Waals surface area contributed by atoms with Crippen LogP contribution in [0.15, 0.2) is 60.7 Å². The number of primary amides is 1. The topological polar surface area (TPSA) is 72.2 Å². The molecule has 0 saturated carbocycles. The van der Waals surface area contributed by atoms with E-state index in [9.17, 15) is 9.59 Å². The summed E-state index contributed by atoms with van der Waals surface area (Å²) in [4.78, 5) is 26.1. The van der Waals surface area contributed by atoms with E-state index >= 15 is 0 Å². The molecule has 0 spiro atoms. The Bertz CT molecular complexity index is 1200. The lowest BCUT2D eigenvalue weighted by Gasteiger charge is -2.04. The molecule has 2 amide bonds. The van der Waals surface area contributed by atoms with Gasteiger partial charge in [0.1, 0.15) is 0 Å². The molecule has 2 aromatic carbocycles. The van der Waals surface area contributed by atoms with Crippen LogP contribution in [0.1, 0.15) is 24.9 Å². The molecular formula is C21H15ClN2O2S2.